The molecule has 0 spiro atoms. The van der Waals surface area contributed by atoms with Crippen LogP contribution in [0.1, 0.15) is 11.3 Å². The van der Waals surface area contributed by atoms with E-state index in [1.807, 2.05) is 56.6 Å². The van der Waals surface area contributed by atoms with Crippen molar-refractivity contribution < 1.29 is 17.5 Å². The first-order valence-corrected chi connectivity index (χ1v) is 15.4. The molecule has 0 saturated heterocycles. The summed E-state index contributed by atoms with van der Waals surface area (Å²) in [5.41, 5.74) is 3.11. The van der Waals surface area contributed by atoms with Crippen molar-refractivity contribution >= 4 is 50.0 Å². The minimum atomic E-state index is -4.27. The number of aryl methyl sites for hydroxylation is 1. The monoisotopic (exact) mass is 591 g/mol. The van der Waals surface area contributed by atoms with Gasteiger partial charge in [0, 0.05) is 36.7 Å². The van der Waals surface area contributed by atoms with Crippen molar-refractivity contribution in [3.63, 3.8) is 0 Å². The van der Waals surface area contributed by atoms with Crippen LogP contribution >= 0.6 is 23.1 Å². The van der Waals surface area contributed by atoms with Crippen LogP contribution < -0.4 is 24.2 Å². The van der Waals surface area contributed by atoms with Crippen LogP contribution in [0.3, 0.4) is 0 Å². The molecule has 0 N–H and O–H groups in total. The maximum absolute atomic E-state index is 13.3. The Balaban J connectivity index is 0.000000283. The average Bonchev–Trinajstić information content (AvgIpc) is 3.42. The number of allylic oxidation sites excluding steroid dienone is 2. The highest BCUT2D eigenvalue weighted by Crippen LogP contribution is 2.44. The number of hydrogen-bond donors (Lipinski definition) is 0. The summed E-state index contributed by atoms with van der Waals surface area (Å²) in [6.07, 6.45) is 7.72. The van der Waals surface area contributed by atoms with Gasteiger partial charge in [0.15, 0.2) is 12.7 Å². The first-order chi connectivity index (χ1) is 19.1. The molecule has 0 bridgehead atoms. The molecule has 0 aliphatic carbocycles. The Hall–Kier alpha value is -3.70. The third-order valence-corrected chi connectivity index (χ3v) is 9.37. The number of aromatic nitrogens is 2. The molecule has 5 rings (SSSR count). The highest BCUT2D eigenvalue weighted by atomic mass is 32.2. The van der Waals surface area contributed by atoms with E-state index in [0.29, 0.717) is 13.1 Å². The van der Waals surface area contributed by atoms with Gasteiger partial charge in [-0.3, -0.25) is 9.36 Å². The number of para-hydroxylation sites is 1. The van der Waals surface area contributed by atoms with Gasteiger partial charge in [0.2, 0.25) is 5.69 Å². The fourth-order valence-electron chi connectivity index (χ4n) is 4.03. The van der Waals surface area contributed by atoms with E-state index in [4.69, 9.17) is 0 Å². The Morgan fingerprint density at radius 2 is 1.70 bits per heavy atom. The summed E-state index contributed by atoms with van der Waals surface area (Å²) in [6.45, 7) is 10.7. The molecule has 1 aliphatic heterocycles. The maximum atomic E-state index is 13.3. The Labute approximate surface area is 242 Å². The highest BCUT2D eigenvalue weighted by molar-refractivity contribution is 8.08. The van der Waals surface area contributed by atoms with E-state index in [0.717, 1.165) is 31.2 Å². The van der Waals surface area contributed by atoms with Crippen molar-refractivity contribution in [3.8, 4) is 0 Å². The second kappa shape index (κ2) is 12.6. The average molecular weight is 592 g/mol. The number of anilines is 1. The first kappa shape index (κ1) is 29.3. The quantitative estimate of drug-likeness (QED) is 0.194. The van der Waals surface area contributed by atoms with Crippen molar-refractivity contribution in [3.05, 3.63) is 129 Å². The molecular formula is C30H29N3O4S3. The van der Waals surface area contributed by atoms with Crippen LogP contribution in [-0.4, -0.2) is 24.6 Å². The van der Waals surface area contributed by atoms with Crippen LogP contribution in [0, 0.1) is 6.92 Å². The van der Waals surface area contributed by atoms with Crippen LogP contribution in [-0.2, 0) is 23.2 Å². The van der Waals surface area contributed by atoms with E-state index in [-0.39, 0.29) is 10.5 Å². The summed E-state index contributed by atoms with van der Waals surface area (Å²) < 4.78 is 36.7. The number of rotatable bonds is 6. The Kier molecular flexibility index (Phi) is 9.26. The van der Waals surface area contributed by atoms with Crippen LogP contribution in [0.15, 0.2) is 113 Å². The van der Waals surface area contributed by atoms with Crippen molar-refractivity contribution in [1.29, 1.82) is 0 Å². The van der Waals surface area contributed by atoms with E-state index in [1.165, 1.54) is 28.4 Å². The summed E-state index contributed by atoms with van der Waals surface area (Å²) in [6, 6.07) is 20.1. The molecule has 206 valence electrons. The molecule has 7 nitrogen and oxygen atoms in total. The fraction of sp³-hybridized carbons (Fsp3) is 0.133. The number of hydrogen-bond acceptors (Lipinski definition) is 7. The highest BCUT2D eigenvalue weighted by Gasteiger charge is 2.24. The zero-order valence-electron chi connectivity index (χ0n) is 22.2. The van der Waals surface area contributed by atoms with Gasteiger partial charge < -0.3 is 9.45 Å². The summed E-state index contributed by atoms with van der Waals surface area (Å²) in [4.78, 5) is 16.4. The smallest absolute Gasteiger partial charge is 0.272 e. The molecule has 0 fully saturated rings. The van der Waals surface area contributed by atoms with E-state index < -0.39 is 10.1 Å². The van der Waals surface area contributed by atoms with Crippen molar-refractivity contribution in [1.82, 2.24) is 4.57 Å². The third-order valence-electron chi connectivity index (χ3n) is 6.04. The van der Waals surface area contributed by atoms with Gasteiger partial charge in [0.1, 0.15) is 24.3 Å². The van der Waals surface area contributed by atoms with Crippen molar-refractivity contribution in [2.24, 2.45) is 0 Å². The lowest BCUT2D eigenvalue weighted by Crippen LogP contribution is -2.37. The predicted molar refractivity (Wildman–Crippen MR) is 162 cm³/mol. The largest absolute Gasteiger partial charge is 0.744 e. The molecule has 10 heteroatoms. The SMILES string of the molecule is C=CCn1c(=O)/c(=C2\Sc3ccccc3N2C)s/c1=C\c1cccc[n+]1CC=C.Cc1ccc(S(=O)(=O)[O-])cc1. The van der Waals surface area contributed by atoms with Crippen LogP contribution in [0.5, 0.6) is 0 Å². The zero-order valence-corrected chi connectivity index (χ0v) is 24.6. The van der Waals surface area contributed by atoms with E-state index in [9.17, 15) is 17.8 Å². The first-order valence-electron chi connectivity index (χ1n) is 12.3. The van der Waals surface area contributed by atoms with Gasteiger partial charge in [-0.15, -0.1) is 17.9 Å². The summed E-state index contributed by atoms with van der Waals surface area (Å²) in [5, 5.41) is 0.977. The van der Waals surface area contributed by atoms with Crippen molar-refractivity contribution in [2.45, 2.75) is 29.8 Å². The molecule has 0 saturated carbocycles. The second-order valence-corrected chi connectivity index (χ2v) is 12.3. The third kappa shape index (κ3) is 6.53. The Morgan fingerprint density at radius 1 is 1.00 bits per heavy atom. The number of pyridine rings is 1. The van der Waals surface area contributed by atoms with Crippen LogP contribution in [0.2, 0.25) is 0 Å². The van der Waals surface area contributed by atoms with Gasteiger partial charge in [-0.05, 0) is 43.3 Å². The zero-order chi connectivity index (χ0) is 28.9. The molecular weight excluding hydrogens is 563 g/mol. The number of nitrogens with zero attached hydrogens (tertiary/aromatic N) is 3. The maximum Gasteiger partial charge on any atom is 0.272 e. The van der Waals surface area contributed by atoms with Gasteiger partial charge >= 0.3 is 0 Å². The molecule has 3 heterocycles. The normalized spacial score (nSPS) is 14.4. The van der Waals surface area contributed by atoms with E-state index >= 15 is 0 Å². The molecule has 2 aromatic heterocycles. The molecule has 1 aliphatic rings. The fourth-order valence-corrected chi connectivity index (χ4v) is 6.91. The molecule has 4 aromatic rings. The Bertz CT molecular complexity index is 1840. The minimum Gasteiger partial charge on any atom is -0.744 e. The molecule has 0 unspecified atom stereocenters. The number of thiazole rings is 1. The summed E-state index contributed by atoms with van der Waals surface area (Å²) in [7, 11) is -2.25. The lowest BCUT2D eigenvalue weighted by molar-refractivity contribution is -0.688. The number of thioether (sulfide) groups is 1. The van der Waals surface area contributed by atoms with Gasteiger partial charge in [-0.25, -0.2) is 8.42 Å². The molecule has 0 radical (unpaired) electrons. The molecule has 40 heavy (non-hydrogen) atoms. The van der Waals surface area contributed by atoms with Gasteiger partial charge in [-0.1, -0.05) is 54.2 Å². The number of fused-ring (bicyclic) bond motifs is 1. The van der Waals surface area contributed by atoms with Crippen LogP contribution in [0.25, 0.3) is 11.1 Å². The van der Waals surface area contributed by atoms with E-state index in [1.54, 1.807) is 34.5 Å². The predicted octanol–water partition coefficient (Wildman–Crippen LogP) is 3.61. The Morgan fingerprint density at radius 3 is 2.35 bits per heavy atom. The topological polar surface area (TPSA) is 86.3 Å². The molecule has 2 aromatic carbocycles. The van der Waals surface area contributed by atoms with Gasteiger partial charge in [0.05, 0.1) is 10.6 Å². The lowest BCUT2D eigenvalue weighted by Gasteiger charge is -2.11. The lowest BCUT2D eigenvalue weighted by atomic mass is 10.2. The van der Waals surface area contributed by atoms with Crippen molar-refractivity contribution in [2.75, 3.05) is 11.9 Å². The number of benzene rings is 2. The van der Waals surface area contributed by atoms with Gasteiger partial charge in [0.25, 0.3) is 5.56 Å². The summed E-state index contributed by atoms with van der Waals surface area (Å²) >= 11 is 3.18. The minimum absolute atomic E-state index is 0.0227. The van der Waals surface area contributed by atoms with Crippen LogP contribution in [0.4, 0.5) is 5.69 Å². The summed E-state index contributed by atoms with van der Waals surface area (Å²) in [5.74, 6) is 0. The van der Waals surface area contributed by atoms with Gasteiger partial charge in [-0.2, -0.15) is 4.57 Å². The molecule has 0 amide bonds. The standard InChI is InChI=1S/C23H22N3OS2.C7H8O3S/c1-4-13-25-15-9-8-10-17(25)16-20-26(14-5-2)22(27)21(29-20)23-24(3)18-11-6-7-12-19(18)28-23;1-6-2-4-7(5-3-6)11(8,9)10/h4-12,15-16H,1-2,13-14H2,3H3;2-5H,1H3,(H,8,9,10)/q+1;/p-1/b23-21+;. The molecule has 0 atom stereocenters. The van der Waals surface area contributed by atoms with E-state index in [2.05, 4.69) is 40.8 Å². The second-order valence-electron chi connectivity index (χ2n) is 8.89.